The molecule has 0 radical (unpaired) electrons. The Hall–Kier alpha value is -1.95. The topological polar surface area (TPSA) is 81.5 Å². The van der Waals surface area contributed by atoms with Crippen molar-refractivity contribution in [2.45, 2.75) is 32.9 Å². The molecule has 1 rings (SSSR count). The number of nitrogens with one attached hydrogen (secondary N) is 1. The van der Waals surface area contributed by atoms with Crippen LogP contribution in [-0.4, -0.2) is 23.5 Å². The van der Waals surface area contributed by atoms with Crippen LogP contribution in [0.15, 0.2) is 24.3 Å². The molecule has 0 bridgehead atoms. The van der Waals surface area contributed by atoms with Crippen molar-refractivity contribution in [2.75, 3.05) is 6.61 Å². The molecule has 0 heterocycles. The lowest BCUT2D eigenvalue weighted by molar-refractivity contribution is -0.384. The second-order valence-electron chi connectivity index (χ2n) is 4.21. The highest BCUT2D eigenvalue weighted by Gasteiger charge is 2.09. The first-order valence-corrected chi connectivity index (χ1v) is 6.15. The molecule has 6 nitrogen and oxygen atoms in total. The predicted octanol–water partition coefficient (Wildman–Crippen LogP) is 2.03. The van der Waals surface area contributed by atoms with Crippen LogP contribution in [0.4, 0.5) is 5.69 Å². The van der Waals surface area contributed by atoms with Crippen molar-refractivity contribution in [3.05, 3.63) is 39.9 Å². The van der Waals surface area contributed by atoms with Gasteiger partial charge in [-0.05, 0) is 19.4 Å². The molecular weight excluding hydrogens is 248 g/mol. The Morgan fingerprint density at radius 3 is 2.58 bits per heavy atom. The Morgan fingerprint density at radius 1 is 1.42 bits per heavy atom. The van der Waals surface area contributed by atoms with Crippen LogP contribution in [0, 0.1) is 10.1 Å². The third-order valence-corrected chi connectivity index (χ3v) is 2.58. The SMILES string of the molecule is CCOC(=O)CC(C)NCc1ccc([N+](=O)[O-])cc1. The van der Waals surface area contributed by atoms with Gasteiger partial charge >= 0.3 is 5.97 Å². The van der Waals surface area contributed by atoms with Gasteiger partial charge in [0.25, 0.3) is 5.69 Å². The van der Waals surface area contributed by atoms with Crippen LogP contribution in [0.5, 0.6) is 0 Å². The average Bonchev–Trinajstić information content (AvgIpc) is 2.37. The highest BCUT2D eigenvalue weighted by atomic mass is 16.6. The van der Waals surface area contributed by atoms with Gasteiger partial charge in [0.2, 0.25) is 0 Å². The summed E-state index contributed by atoms with van der Waals surface area (Å²) < 4.78 is 4.85. The number of nitrogens with zero attached hydrogens (tertiary/aromatic N) is 1. The molecule has 1 aromatic rings. The van der Waals surface area contributed by atoms with Crippen LogP contribution < -0.4 is 5.32 Å². The Morgan fingerprint density at radius 2 is 2.05 bits per heavy atom. The van der Waals surface area contributed by atoms with Crippen LogP contribution >= 0.6 is 0 Å². The van der Waals surface area contributed by atoms with E-state index in [1.54, 1.807) is 19.1 Å². The predicted molar refractivity (Wildman–Crippen MR) is 70.6 cm³/mol. The second kappa shape index (κ2) is 7.48. The molecular formula is C13H18N2O4. The van der Waals surface area contributed by atoms with E-state index >= 15 is 0 Å². The van der Waals surface area contributed by atoms with Gasteiger partial charge in [-0.25, -0.2) is 0 Å². The Labute approximate surface area is 111 Å². The monoisotopic (exact) mass is 266 g/mol. The van der Waals surface area contributed by atoms with Gasteiger partial charge in [0.15, 0.2) is 0 Å². The smallest absolute Gasteiger partial charge is 0.307 e. The van der Waals surface area contributed by atoms with Crippen molar-refractivity contribution in [2.24, 2.45) is 0 Å². The zero-order valence-electron chi connectivity index (χ0n) is 11.1. The van der Waals surface area contributed by atoms with Crippen LogP contribution in [0.3, 0.4) is 0 Å². The maximum Gasteiger partial charge on any atom is 0.307 e. The van der Waals surface area contributed by atoms with Crippen LogP contribution in [0.2, 0.25) is 0 Å². The van der Waals surface area contributed by atoms with Gasteiger partial charge in [0.1, 0.15) is 0 Å². The number of ether oxygens (including phenoxy) is 1. The number of non-ortho nitro benzene ring substituents is 1. The van der Waals surface area contributed by atoms with E-state index in [4.69, 9.17) is 4.74 Å². The van der Waals surface area contributed by atoms with Gasteiger partial charge in [-0.1, -0.05) is 12.1 Å². The lowest BCUT2D eigenvalue weighted by atomic mass is 10.2. The summed E-state index contributed by atoms with van der Waals surface area (Å²) in [7, 11) is 0. The molecule has 0 fully saturated rings. The molecule has 0 saturated carbocycles. The van der Waals surface area contributed by atoms with E-state index in [2.05, 4.69) is 5.32 Å². The average molecular weight is 266 g/mol. The number of carbonyl (C=O) groups is 1. The summed E-state index contributed by atoms with van der Waals surface area (Å²) in [6, 6.07) is 6.32. The van der Waals surface area contributed by atoms with Crippen molar-refractivity contribution in [3.8, 4) is 0 Å². The molecule has 19 heavy (non-hydrogen) atoms. The highest BCUT2D eigenvalue weighted by Crippen LogP contribution is 2.11. The Bertz CT molecular complexity index is 431. The van der Waals surface area contributed by atoms with Crippen molar-refractivity contribution in [3.63, 3.8) is 0 Å². The maximum absolute atomic E-state index is 11.2. The van der Waals surface area contributed by atoms with E-state index in [1.807, 2.05) is 6.92 Å². The summed E-state index contributed by atoms with van der Waals surface area (Å²) >= 11 is 0. The molecule has 0 aliphatic rings. The normalized spacial score (nSPS) is 11.9. The van der Waals surface area contributed by atoms with E-state index < -0.39 is 4.92 Å². The number of rotatable bonds is 7. The molecule has 1 unspecified atom stereocenters. The fourth-order valence-corrected chi connectivity index (χ4v) is 1.57. The summed E-state index contributed by atoms with van der Waals surface area (Å²) in [4.78, 5) is 21.3. The number of esters is 1. The van der Waals surface area contributed by atoms with Crippen LogP contribution in [-0.2, 0) is 16.1 Å². The van der Waals surface area contributed by atoms with E-state index in [1.165, 1.54) is 12.1 Å². The molecule has 0 aromatic heterocycles. The van der Waals surface area contributed by atoms with Gasteiger partial charge in [-0.3, -0.25) is 14.9 Å². The number of hydrogen-bond acceptors (Lipinski definition) is 5. The van der Waals surface area contributed by atoms with E-state index in [0.717, 1.165) is 5.56 Å². The minimum Gasteiger partial charge on any atom is -0.466 e. The zero-order chi connectivity index (χ0) is 14.3. The number of benzene rings is 1. The summed E-state index contributed by atoms with van der Waals surface area (Å²) in [5.74, 6) is -0.230. The number of nitro groups is 1. The standard InChI is InChI=1S/C13H18N2O4/c1-3-19-13(16)8-10(2)14-9-11-4-6-12(7-5-11)15(17)18/h4-7,10,14H,3,8-9H2,1-2H3. The first kappa shape index (κ1) is 15.1. The van der Waals surface area contributed by atoms with Crippen molar-refractivity contribution in [1.82, 2.24) is 5.32 Å². The summed E-state index contributed by atoms with van der Waals surface area (Å²) in [5.41, 5.74) is 1.00. The van der Waals surface area contributed by atoms with Gasteiger partial charge in [-0.2, -0.15) is 0 Å². The van der Waals surface area contributed by atoms with Gasteiger partial charge < -0.3 is 10.1 Å². The van der Waals surface area contributed by atoms with Crippen molar-refractivity contribution in [1.29, 1.82) is 0 Å². The minimum absolute atomic E-state index is 0.00533. The summed E-state index contributed by atoms with van der Waals surface area (Å²) in [6.45, 7) is 4.60. The number of carbonyl (C=O) groups excluding carboxylic acids is 1. The van der Waals surface area contributed by atoms with Gasteiger partial charge in [0, 0.05) is 24.7 Å². The largest absolute Gasteiger partial charge is 0.466 e. The minimum atomic E-state index is -0.430. The third kappa shape index (κ3) is 5.48. The van der Waals surface area contributed by atoms with Crippen molar-refractivity contribution >= 4 is 11.7 Å². The molecule has 0 aliphatic carbocycles. The molecule has 1 aromatic carbocycles. The van der Waals surface area contributed by atoms with Gasteiger partial charge in [-0.15, -0.1) is 0 Å². The van der Waals surface area contributed by atoms with Gasteiger partial charge in [0.05, 0.1) is 18.0 Å². The highest BCUT2D eigenvalue weighted by molar-refractivity contribution is 5.70. The molecule has 0 saturated heterocycles. The number of nitro benzene ring substituents is 1. The van der Waals surface area contributed by atoms with E-state index in [9.17, 15) is 14.9 Å². The Balaban J connectivity index is 2.39. The summed E-state index contributed by atoms with van der Waals surface area (Å²) in [5, 5.41) is 13.7. The second-order valence-corrected chi connectivity index (χ2v) is 4.21. The molecule has 1 N–H and O–H groups in total. The third-order valence-electron chi connectivity index (χ3n) is 2.58. The van der Waals surface area contributed by atoms with E-state index in [-0.39, 0.29) is 17.7 Å². The zero-order valence-corrected chi connectivity index (χ0v) is 11.1. The first-order chi connectivity index (χ1) is 9.02. The van der Waals surface area contributed by atoms with Crippen molar-refractivity contribution < 1.29 is 14.5 Å². The van der Waals surface area contributed by atoms with Crippen LogP contribution in [0.1, 0.15) is 25.8 Å². The lowest BCUT2D eigenvalue weighted by Crippen LogP contribution is -2.28. The molecule has 0 aliphatic heterocycles. The lowest BCUT2D eigenvalue weighted by Gasteiger charge is -2.12. The number of hydrogen-bond donors (Lipinski definition) is 1. The molecule has 104 valence electrons. The van der Waals surface area contributed by atoms with E-state index in [0.29, 0.717) is 19.6 Å². The van der Waals surface area contributed by atoms with Crippen LogP contribution in [0.25, 0.3) is 0 Å². The Kier molecular flexibility index (Phi) is 5.95. The fourth-order valence-electron chi connectivity index (χ4n) is 1.57. The molecule has 1 atom stereocenters. The summed E-state index contributed by atoms with van der Waals surface area (Å²) in [6.07, 6.45) is 0.306. The molecule has 0 spiro atoms. The first-order valence-electron chi connectivity index (χ1n) is 6.15. The molecule has 6 heteroatoms. The molecule has 0 amide bonds. The fraction of sp³-hybridized carbons (Fsp3) is 0.462. The quantitative estimate of drug-likeness (QED) is 0.464. The maximum atomic E-state index is 11.2.